The molecule has 0 saturated heterocycles. The molecule has 0 aliphatic heterocycles. The van der Waals surface area contributed by atoms with Crippen molar-refractivity contribution in [3.8, 4) is 5.88 Å². The van der Waals surface area contributed by atoms with Crippen molar-refractivity contribution in [1.29, 1.82) is 0 Å². The second-order valence-electron chi connectivity index (χ2n) is 3.90. The van der Waals surface area contributed by atoms with E-state index in [4.69, 9.17) is 10.5 Å². The standard InChI is InChI=1S/C10H13N5O2/c1-4(2)17-9-6-7(14-10(11)15-9)13-8(16)5(3)12-6/h4H,1-3H3,(H3,11,13,14,15,16). The van der Waals surface area contributed by atoms with Crippen LogP contribution in [0, 0.1) is 6.92 Å². The van der Waals surface area contributed by atoms with E-state index in [2.05, 4.69) is 19.9 Å². The van der Waals surface area contributed by atoms with E-state index in [0.29, 0.717) is 11.2 Å². The van der Waals surface area contributed by atoms with Crippen LogP contribution >= 0.6 is 0 Å². The summed E-state index contributed by atoms with van der Waals surface area (Å²) in [6.45, 7) is 5.33. The zero-order valence-corrected chi connectivity index (χ0v) is 9.81. The first-order chi connectivity index (χ1) is 7.97. The number of aromatic nitrogens is 4. The summed E-state index contributed by atoms with van der Waals surface area (Å²) in [5.41, 5.74) is 6.26. The fraction of sp³-hybridized carbons (Fsp3) is 0.400. The van der Waals surface area contributed by atoms with E-state index < -0.39 is 0 Å². The van der Waals surface area contributed by atoms with Gasteiger partial charge in [-0.1, -0.05) is 0 Å². The fourth-order valence-electron chi connectivity index (χ4n) is 1.36. The maximum Gasteiger partial charge on any atom is 0.270 e. The fourth-order valence-corrected chi connectivity index (χ4v) is 1.36. The normalized spacial score (nSPS) is 11.1. The van der Waals surface area contributed by atoms with Gasteiger partial charge in [-0.2, -0.15) is 9.97 Å². The van der Waals surface area contributed by atoms with Gasteiger partial charge in [0.05, 0.1) is 6.10 Å². The van der Waals surface area contributed by atoms with Crippen molar-refractivity contribution in [2.24, 2.45) is 0 Å². The Hall–Kier alpha value is -2.18. The molecular weight excluding hydrogens is 222 g/mol. The van der Waals surface area contributed by atoms with Crippen molar-refractivity contribution in [1.82, 2.24) is 19.9 Å². The summed E-state index contributed by atoms with van der Waals surface area (Å²) >= 11 is 0. The third-order valence-electron chi connectivity index (χ3n) is 2.06. The van der Waals surface area contributed by atoms with Crippen LogP contribution in [0.25, 0.3) is 11.2 Å². The molecule has 2 heterocycles. The molecule has 3 N–H and O–H groups in total. The van der Waals surface area contributed by atoms with Gasteiger partial charge in [-0.3, -0.25) is 4.79 Å². The number of nitrogens with one attached hydrogen (secondary N) is 1. The van der Waals surface area contributed by atoms with Crippen molar-refractivity contribution >= 4 is 17.1 Å². The lowest BCUT2D eigenvalue weighted by atomic mass is 10.4. The van der Waals surface area contributed by atoms with Crippen LogP contribution in [-0.2, 0) is 0 Å². The highest BCUT2D eigenvalue weighted by molar-refractivity contribution is 5.76. The molecule has 0 aliphatic carbocycles. The number of anilines is 1. The molecule has 2 rings (SSSR count). The number of nitrogens with zero attached hydrogens (tertiary/aromatic N) is 3. The van der Waals surface area contributed by atoms with E-state index in [1.54, 1.807) is 6.92 Å². The lowest BCUT2D eigenvalue weighted by molar-refractivity contribution is 0.235. The summed E-state index contributed by atoms with van der Waals surface area (Å²) in [4.78, 5) is 26.0. The lowest BCUT2D eigenvalue weighted by Gasteiger charge is -2.10. The highest BCUT2D eigenvalue weighted by Gasteiger charge is 2.12. The Bertz CT molecular complexity index is 620. The van der Waals surface area contributed by atoms with Gasteiger partial charge in [-0.15, -0.1) is 0 Å². The first kappa shape index (κ1) is 11.3. The van der Waals surface area contributed by atoms with Crippen LogP contribution in [0.1, 0.15) is 19.5 Å². The number of ether oxygens (including phenoxy) is 1. The van der Waals surface area contributed by atoms with Crippen LogP contribution in [0.4, 0.5) is 5.95 Å². The van der Waals surface area contributed by atoms with Crippen molar-refractivity contribution in [3.63, 3.8) is 0 Å². The molecule has 0 bridgehead atoms. The molecule has 7 nitrogen and oxygen atoms in total. The molecule has 0 spiro atoms. The largest absolute Gasteiger partial charge is 0.473 e. The van der Waals surface area contributed by atoms with Crippen molar-refractivity contribution < 1.29 is 4.74 Å². The number of nitrogen functional groups attached to an aromatic ring is 1. The molecular formula is C10H13N5O2. The first-order valence-corrected chi connectivity index (χ1v) is 5.18. The van der Waals surface area contributed by atoms with Crippen LogP contribution in [0.5, 0.6) is 5.88 Å². The molecule has 2 aromatic rings. The summed E-state index contributed by atoms with van der Waals surface area (Å²) in [5, 5.41) is 0. The van der Waals surface area contributed by atoms with Gasteiger partial charge in [0.15, 0.2) is 11.2 Å². The number of aromatic amines is 1. The minimum atomic E-state index is -0.300. The van der Waals surface area contributed by atoms with Gasteiger partial charge in [-0.05, 0) is 20.8 Å². The smallest absolute Gasteiger partial charge is 0.270 e. The zero-order chi connectivity index (χ0) is 12.6. The Morgan fingerprint density at radius 3 is 2.65 bits per heavy atom. The second kappa shape index (κ2) is 4.00. The maximum absolute atomic E-state index is 11.4. The average molecular weight is 235 g/mol. The number of H-pyrrole nitrogens is 1. The highest BCUT2D eigenvalue weighted by Crippen LogP contribution is 2.19. The topological polar surface area (TPSA) is 107 Å². The first-order valence-electron chi connectivity index (χ1n) is 5.18. The third kappa shape index (κ3) is 2.17. The minimum Gasteiger partial charge on any atom is -0.473 e. The molecule has 90 valence electrons. The minimum absolute atomic E-state index is 0.0365. The van der Waals surface area contributed by atoms with Gasteiger partial charge >= 0.3 is 0 Å². The molecule has 0 atom stereocenters. The van der Waals surface area contributed by atoms with Crippen molar-refractivity contribution in [2.45, 2.75) is 26.9 Å². The average Bonchev–Trinajstić information content (AvgIpc) is 2.20. The summed E-state index contributed by atoms with van der Waals surface area (Å²) in [5.74, 6) is 0.316. The Labute approximate surface area is 97.1 Å². The summed E-state index contributed by atoms with van der Waals surface area (Å²) in [6.07, 6.45) is -0.0680. The van der Waals surface area contributed by atoms with Crippen molar-refractivity contribution in [3.05, 3.63) is 16.0 Å². The van der Waals surface area contributed by atoms with Crippen LogP contribution in [0.2, 0.25) is 0 Å². The zero-order valence-electron chi connectivity index (χ0n) is 9.81. The predicted octanol–water partition coefficient (Wildman–Crippen LogP) is 0.391. The SMILES string of the molecule is Cc1nc2c(OC(C)C)nc(N)nc2[nH]c1=O. The van der Waals surface area contributed by atoms with Gasteiger partial charge in [-0.25, -0.2) is 4.98 Å². The van der Waals surface area contributed by atoms with Gasteiger partial charge in [0.2, 0.25) is 11.8 Å². The van der Waals surface area contributed by atoms with Gasteiger partial charge in [0, 0.05) is 0 Å². The van der Waals surface area contributed by atoms with E-state index >= 15 is 0 Å². The molecule has 0 amide bonds. The van der Waals surface area contributed by atoms with Crippen LogP contribution < -0.4 is 16.0 Å². The van der Waals surface area contributed by atoms with Crippen molar-refractivity contribution in [2.75, 3.05) is 5.73 Å². The van der Waals surface area contributed by atoms with E-state index in [0.717, 1.165) is 0 Å². The van der Waals surface area contributed by atoms with E-state index in [1.807, 2.05) is 13.8 Å². The van der Waals surface area contributed by atoms with Gasteiger partial charge < -0.3 is 15.5 Å². The second-order valence-corrected chi connectivity index (χ2v) is 3.90. The van der Waals surface area contributed by atoms with Gasteiger partial charge in [0.25, 0.3) is 5.56 Å². The maximum atomic E-state index is 11.4. The summed E-state index contributed by atoms with van der Waals surface area (Å²) in [6, 6.07) is 0. The molecule has 0 aromatic carbocycles. The molecule has 0 aliphatic rings. The van der Waals surface area contributed by atoms with Gasteiger partial charge in [0.1, 0.15) is 5.69 Å². The molecule has 0 unspecified atom stereocenters. The Balaban J connectivity index is 2.73. The number of aryl methyl sites for hydroxylation is 1. The third-order valence-corrected chi connectivity index (χ3v) is 2.06. The van der Waals surface area contributed by atoms with E-state index in [-0.39, 0.29) is 29.1 Å². The van der Waals surface area contributed by atoms with Crippen LogP contribution in [-0.4, -0.2) is 26.0 Å². The number of fused-ring (bicyclic) bond motifs is 1. The predicted molar refractivity (Wildman–Crippen MR) is 62.9 cm³/mol. The molecule has 7 heteroatoms. The highest BCUT2D eigenvalue weighted by atomic mass is 16.5. The Kier molecular flexibility index (Phi) is 2.66. The number of hydrogen-bond acceptors (Lipinski definition) is 6. The summed E-state index contributed by atoms with van der Waals surface area (Å²) < 4.78 is 5.49. The molecule has 0 radical (unpaired) electrons. The monoisotopic (exact) mass is 235 g/mol. The number of nitrogens with two attached hydrogens (primary N) is 1. The molecule has 0 saturated carbocycles. The Morgan fingerprint density at radius 1 is 1.29 bits per heavy atom. The molecule has 17 heavy (non-hydrogen) atoms. The molecule has 2 aromatic heterocycles. The van der Waals surface area contributed by atoms with Crippen LogP contribution in [0.3, 0.4) is 0 Å². The number of hydrogen-bond donors (Lipinski definition) is 2. The van der Waals surface area contributed by atoms with Crippen LogP contribution in [0.15, 0.2) is 4.79 Å². The Morgan fingerprint density at radius 2 is 2.00 bits per heavy atom. The lowest BCUT2D eigenvalue weighted by Crippen LogP contribution is -2.15. The number of rotatable bonds is 2. The van der Waals surface area contributed by atoms with E-state index in [9.17, 15) is 4.79 Å². The molecule has 0 fully saturated rings. The summed E-state index contributed by atoms with van der Waals surface area (Å²) in [7, 11) is 0. The quantitative estimate of drug-likeness (QED) is 0.779. The van der Waals surface area contributed by atoms with E-state index in [1.165, 1.54) is 0 Å².